The molecule has 1 N–H and O–H groups in total. The third-order valence-corrected chi connectivity index (χ3v) is 7.03. The van der Waals surface area contributed by atoms with Gasteiger partial charge in [-0.2, -0.15) is 0 Å². The highest BCUT2D eigenvalue weighted by Crippen LogP contribution is 2.24. The van der Waals surface area contributed by atoms with Crippen LogP contribution >= 0.6 is 0 Å². The summed E-state index contributed by atoms with van der Waals surface area (Å²) in [6.45, 7) is 2.36. The Hall–Kier alpha value is -3.61. The summed E-state index contributed by atoms with van der Waals surface area (Å²) in [5, 5.41) is 5.20. The topological polar surface area (TPSA) is 82.9 Å². The van der Waals surface area contributed by atoms with E-state index in [9.17, 15) is 14.4 Å². The van der Waals surface area contributed by atoms with Crippen molar-refractivity contribution in [3.8, 4) is 0 Å². The quantitative estimate of drug-likeness (QED) is 0.645. The second-order valence-corrected chi connectivity index (χ2v) is 9.15. The van der Waals surface area contributed by atoms with Gasteiger partial charge in [0.1, 0.15) is 0 Å². The Morgan fingerprint density at radius 3 is 2.18 bits per heavy atom. The number of nitrogens with zero attached hydrogens (tertiary/aromatic N) is 2. The van der Waals surface area contributed by atoms with Gasteiger partial charge in [0.15, 0.2) is 5.76 Å². The van der Waals surface area contributed by atoms with Gasteiger partial charge >= 0.3 is 0 Å². The molecule has 2 saturated heterocycles. The molecule has 176 valence electrons. The van der Waals surface area contributed by atoms with Crippen molar-refractivity contribution in [2.24, 2.45) is 5.92 Å². The van der Waals surface area contributed by atoms with Crippen molar-refractivity contribution in [3.63, 3.8) is 0 Å². The van der Waals surface area contributed by atoms with Crippen molar-refractivity contribution in [3.05, 3.63) is 72.2 Å². The SMILES string of the molecule is O=C(NC1CCN(C(=O)c2ccco2)CC1)C1CCN(C(=O)c2cccc3ccccc23)CC1. The smallest absolute Gasteiger partial charge is 0.289 e. The highest BCUT2D eigenvalue weighted by Gasteiger charge is 2.31. The van der Waals surface area contributed by atoms with Gasteiger partial charge in [0, 0.05) is 43.7 Å². The van der Waals surface area contributed by atoms with Crippen molar-refractivity contribution < 1.29 is 18.8 Å². The van der Waals surface area contributed by atoms with E-state index in [1.165, 1.54) is 6.26 Å². The standard InChI is InChI=1S/C27H29N3O4/c31-25(28-21-12-16-30(17-13-21)27(33)24-9-4-18-34-24)20-10-14-29(15-11-20)26(32)23-8-3-6-19-5-1-2-7-22(19)23/h1-9,18,20-21H,10-17H2,(H,28,31). The molecular formula is C27H29N3O4. The number of hydrogen-bond acceptors (Lipinski definition) is 4. The highest BCUT2D eigenvalue weighted by molar-refractivity contribution is 6.07. The molecular weight excluding hydrogens is 430 g/mol. The van der Waals surface area contributed by atoms with E-state index in [0.29, 0.717) is 44.8 Å². The van der Waals surface area contributed by atoms with E-state index in [2.05, 4.69) is 5.32 Å². The molecule has 2 aliphatic rings. The number of fused-ring (bicyclic) bond motifs is 1. The lowest BCUT2D eigenvalue weighted by atomic mass is 9.93. The van der Waals surface area contributed by atoms with E-state index < -0.39 is 0 Å². The molecule has 2 aromatic carbocycles. The number of likely N-dealkylation sites (tertiary alicyclic amines) is 2. The average Bonchev–Trinajstić information content (AvgIpc) is 3.43. The Balaban J connectivity index is 1.11. The molecule has 0 unspecified atom stereocenters. The van der Waals surface area contributed by atoms with Crippen molar-refractivity contribution in [1.82, 2.24) is 15.1 Å². The molecule has 7 nitrogen and oxygen atoms in total. The predicted octanol–water partition coefficient (Wildman–Crippen LogP) is 3.71. The minimum absolute atomic E-state index is 0.0317. The molecule has 3 aromatic rings. The van der Waals surface area contributed by atoms with Crippen LogP contribution in [0, 0.1) is 5.92 Å². The molecule has 7 heteroatoms. The minimum atomic E-state index is -0.0991. The Morgan fingerprint density at radius 1 is 0.765 bits per heavy atom. The number of carbonyl (C=O) groups is 3. The minimum Gasteiger partial charge on any atom is -0.459 e. The summed E-state index contributed by atoms with van der Waals surface area (Å²) >= 11 is 0. The van der Waals surface area contributed by atoms with Crippen LogP contribution in [-0.4, -0.2) is 59.7 Å². The van der Waals surface area contributed by atoms with Gasteiger partial charge in [-0.1, -0.05) is 36.4 Å². The van der Waals surface area contributed by atoms with Gasteiger partial charge < -0.3 is 19.5 Å². The zero-order chi connectivity index (χ0) is 23.5. The number of nitrogens with one attached hydrogen (secondary N) is 1. The van der Waals surface area contributed by atoms with Crippen LogP contribution in [0.2, 0.25) is 0 Å². The van der Waals surface area contributed by atoms with E-state index in [1.54, 1.807) is 17.0 Å². The zero-order valence-electron chi connectivity index (χ0n) is 19.1. The molecule has 5 rings (SSSR count). The van der Waals surface area contributed by atoms with Crippen molar-refractivity contribution in [2.75, 3.05) is 26.2 Å². The van der Waals surface area contributed by atoms with Gasteiger partial charge in [-0.15, -0.1) is 0 Å². The average molecular weight is 460 g/mol. The van der Waals surface area contributed by atoms with E-state index in [-0.39, 0.29) is 29.7 Å². The molecule has 0 bridgehead atoms. The van der Waals surface area contributed by atoms with E-state index >= 15 is 0 Å². The number of amides is 3. The molecule has 2 aliphatic heterocycles. The highest BCUT2D eigenvalue weighted by atomic mass is 16.3. The molecule has 0 radical (unpaired) electrons. The largest absolute Gasteiger partial charge is 0.459 e. The summed E-state index contributed by atoms with van der Waals surface area (Å²) in [5.41, 5.74) is 0.719. The summed E-state index contributed by atoms with van der Waals surface area (Å²) in [6, 6.07) is 17.2. The fourth-order valence-corrected chi connectivity index (χ4v) is 5.03. The van der Waals surface area contributed by atoms with Crippen LogP contribution in [0.4, 0.5) is 0 Å². The second-order valence-electron chi connectivity index (χ2n) is 9.15. The van der Waals surface area contributed by atoms with E-state index in [4.69, 9.17) is 4.42 Å². The number of benzene rings is 2. The summed E-state index contributed by atoms with van der Waals surface area (Å²) in [7, 11) is 0. The Labute approximate surface area is 198 Å². The van der Waals surface area contributed by atoms with E-state index in [0.717, 1.165) is 29.2 Å². The van der Waals surface area contributed by atoms with Crippen LogP contribution in [0.15, 0.2) is 65.3 Å². The maximum atomic E-state index is 13.2. The molecule has 3 heterocycles. The number of rotatable bonds is 4. The fraction of sp³-hybridized carbons (Fsp3) is 0.370. The molecule has 34 heavy (non-hydrogen) atoms. The van der Waals surface area contributed by atoms with Gasteiger partial charge in [-0.3, -0.25) is 14.4 Å². The van der Waals surface area contributed by atoms with Gasteiger partial charge in [-0.05, 0) is 54.7 Å². The van der Waals surface area contributed by atoms with Crippen LogP contribution in [0.3, 0.4) is 0 Å². The summed E-state index contributed by atoms with van der Waals surface area (Å²) in [6.07, 6.45) is 4.30. The number of piperidine rings is 2. The fourth-order valence-electron chi connectivity index (χ4n) is 5.03. The van der Waals surface area contributed by atoms with Crippen molar-refractivity contribution in [1.29, 1.82) is 0 Å². The molecule has 0 spiro atoms. The Morgan fingerprint density at radius 2 is 1.44 bits per heavy atom. The second kappa shape index (κ2) is 9.71. The van der Waals surface area contributed by atoms with Gasteiger partial charge in [0.2, 0.25) is 5.91 Å². The molecule has 0 saturated carbocycles. The van der Waals surface area contributed by atoms with Crippen molar-refractivity contribution >= 4 is 28.5 Å². The Bertz CT molecular complexity index is 1170. The Kier molecular flexibility index (Phi) is 6.34. The monoisotopic (exact) mass is 459 g/mol. The molecule has 0 aliphatic carbocycles. The van der Waals surface area contributed by atoms with E-state index in [1.807, 2.05) is 47.4 Å². The number of furan rings is 1. The first kappa shape index (κ1) is 22.2. The first-order valence-corrected chi connectivity index (χ1v) is 12.0. The summed E-state index contributed by atoms with van der Waals surface area (Å²) in [5.74, 6) is 0.266. The molecule has 3 amide bonds. The van der Waals surface area contributed by atoms with Crippen molar-refractivity contribution in [2.45, 2.75) is 31.7 Å². The normalized spacial score (nSPS) is 17.6. The maximum absolute atomic E-state index is 13.2. The molecule has 0 atom stereocenters. The third kappa shape index (κ3) is 4.55. The number of carbonyl (C=O) groups excluding carboxylic acids is 3. The van der Waals surface area contributed by atoms with Crippen LogP contribution in [-0.2, 0) is 4.79 Å². The van der Waals surface area contributed by atoms with Crippen LogP contribution in [0.1, 0.15) is 46.6 Å². The summed E-state index contributed by atoms with van der Waals surface area (Å²) in [4.78, 5) is 42.1. The maximum Gasteiger partial charge on any atom is 0.289 e. The lowest BCUT2D eigenvalue weighted by Gasteiger charge is -2.35. The first-order valence-electron chi connectivity index (χ1n) is 12.0. The van der Waals surface area contributed by atoms with Gasteiger partial charge in [0.25, 0.3) is 11.8 Å². The number of hydrogen-bond donors (Lipinski definition) is 1. The summed E-state index contributed by atoms with van der Waals surface area (Å²) < 4.78 is 5.21. The third-order valence-electron chi connectivity index (χ3n) is 7.03. The van der Waals surface area contributed by atoms with Crippen LogP contribution < -0.4 is 5.32 Å². The lowest BCUT2D eigenvalue weighted by Crippen LogP contribution is -2.49. The predicted molar refractivity (Wildman–Crippen MR) is 128 cm³/mol. The molecule has 2 fully saturated rings. The molecule has 1 aromatic heterocycles. The first-order chi connectivity index (χ1) is 16.6. The zero-order valence-corrected chi connectivity index (χ0v) is 19.1. The lowest BCUT2D eigenvalue weighted by molar-refractivity contribution is -0.127. The van der Waals surface area contributed by atoms with Crippen LogP contribution in [0.25, 0.3) is 10.8 Å². The van der Waals surface area contributed by atoms with Gasteiger partial charge in [-0.25, -0.2) is 0 Å². The van der Waals surface area contributed by atoms with Crippen LogP contribution in [0.5, 0.6) is 0 Å². The van der Waals surface area contributed by atoms with Gasteiger partial charge in [0.05, 0.1) is 6.26 Å².